The second-order valence-electron chi connectivity index (χ2n) is 4.94. The lowest BCUT2D eigenvalue weighted by molar-refractivity contribution is -0.149. The first-order valence-electron chi connectivity index (χ1n) is 6.53. The summed E-state index contributed by atoms with van der Waals surface area (Å²) in [7, 11) is 1.33. The van der Waals surface area contributed by atoms with Crippen molar-refractivity contribution in [3.05, 3.63) is 11.6 Å². The van der Waals surface area contributed by atoms with Crippen molar-refractivity contribution in [1.29, 1.82) is 0 Å². The maximum absolute atomic E-state index is 11.9. The largest absolute Gasteiger partial charge is 0.467 e. The number of allylic oxidation sites excluding steroid dienone is 1. The van der Waals surface area contributed by atoms with Crippen LogP contribution in [0.25, 0.3) is 0 Å². The zero-order valence-corrected chi connectivity index (χ0v) is 11.8. The lowest BCUT2D eigenvalue weighted by atomic mass is 9.87. The normalized spacial score (nSPS) is 17.3. The third-order valence-electron chi connectivity index (χ3n) is 3.23. The number of carbonyl (C=O) groups excluding carboxylic acids is 2. The zero-order valence-electron chi connectivity index (χ0n) is 11.8. The first-order valence-corrected chi connectivity index (χ1v) is 6.53. The molecule has 0 saturated carbocycles. The van der Waals surface area contributed by atoms with Gasteiger partial charge in [0.05, 0.1) is 7.11 Å². The Labute approximate surface area is 114 Å². The Bertz CT molecular complexity index is 442. The van der Waals surface area contributed by atoms with E-state index < -0.39 is 17.4 Å². The number of amides is 1. The third kappa shape index (κ3) is 4.44. The van der Waals surface area contributed by atoms with Gasteiger partial charge in [0.2, 0.25) is 0 Å². The van der Waals surface area contributed by atoms with Crippen LogP contribution < -0.4 is 5.32 Å². The highest BCUT2D eigenvalue weighted by atomic mass is 16.5. The Morgan fingerprint density at radius 2 is 2.21 bits per heavy atom. The fraction of sp³-hybridized carbons (Fsp3) is 0.600. The van der Waals surface area contributed by atoms with Gasteiger partial charge in [-0.05, 0) is 45.5 Å². The summed E-state index contributed by atoms with van der Waals surface area (Å²) in [5.74, 6) is 4.02. The number of methoxy groups -OCH3 is 1. The van der Waals surface area contributed by atoms with Crippen LogP contribution >= 0.6 is 0 Å². The molecule has 0 saturated heterocycles. The fourth-order valence-electron chi connectivity index (χ4n) is 2.31. The van der Waals surface area contributed by atoms with Gasteiger partial charge in [-0.1, -0.05) is 17.6 Å². The van der Waals surface area contributed by atoms with E-state index in [4.69, 9.17) is 4.74 Å². The van der Waals surface area contributed by atoms with Gasteiger partial charge in [0.15, 0.2) is 0 Å². The molecule has 0 aromatic carbocycles. The van der Waals surface area contributed by atoms with Crippen molar-refractivity contribution in [3.8, 4) is 11.8 Å². The summed E-state index contributed by atoms with van der Waals surface area (Å²) in [4.78, 5) is 23.5. The van der Waals surface area contributed by atoms with E-state index in [1.165, 1.54) is 19.1 Å². The molecule has 1 atom stereocenters. The standard InChI is InChI=1S/C15H21NO3/c1-4-8-13(17)16-15(2,14(18)19-3)11-12-9-6-5-7-10-12/h9H,5-7,10-11H2,1-3H3,(H,16,17). The van der Waals surface area contributed by atoms with Crippen molar-refractivity contribution in [1.82, 2.24) is 5.32 Å². The number of carbonyl (C=O) groups is 2. The molecule has 0 aromatic heterocycles. The van der Waals surface area contributed by atoms with Gasteiger partial charge >= 0.3 is 5.97 Å². The van der Waals surface area contributed by atoms with Crippen molar-refractivity contribution >= 4 is 11.9 Å². The summed E-state index contributed by atoms with van der Waals surface area (Å²) < 4.78 is 4.81. The van der Waals surface area contributed by atoms with E-state index >= 15 is 0 Å². The average molecular weight is 263 g/mol. The van der Waals surface area contributed by atoms with E-state index in [9.17, 15) is 9.59 Å². The number of hydrogen-bond donors (Lipinski definition) is 1. The maximum Gasteiger partial charge on any atom is 0.331 e. The molecular weight excluding hydrogens is 242 g/mol. The molecule has 1 N–H and O–H groups in total. The van der Waals surface area contributed by atoms with E-state index in [0.717, 1.165) is 19.3 Å². The Balaban J connectivity index is 2.84. The minimum absolute atomic E-state index is 0.440. The lowest BCUT2D eigenvalue weighted by Crippen LogP contribution is -2.52. The average Bonchev–Trinajstić information content (AvgIpc) is 2.38. The van der Waals surface area contributed by atoms with Crippen LogP contribution in [0, 0.1) is 11.8 Å². The van der Waals surface area contributed by atoms with E-state index in [-0.39, 0.29) is 0 Å². The molecule has 0 radical (unpaired) electrons. The predicted octanol–water partition coefficient (Wildman–Crippen LogP) is 1.95. The molecule has 0 heterocycles. The molecule has 1 aliphatic carbocycles. The maximum atomic E-state index is 11.9. The highest BCUT2D eigenvalue weighted by Gasteiger charge is 2.36. The molecule has 0 bridgehead atoms. The number of rotatable bonds is 4. The quantitative estimate of drug-likeness (QED) is 0.479. The summed E-state index contributed by atoms with van der Waals surface area (Å²) in [6.07, 6.45) is 6.97. The Kier molecular flexibility index (Phi) is 5.62. The first-order chi connectivity index (χ1) is 9.01. The molecule has 1 unspecified atom stereocenters. The fourth-order valence-corrected chi connectivity index (χ4v) is 2.31. The van der Waals surface area contributed by atoms with Crippen molar-refractivity contribution in [2.75, 3.05) is 7.11 Å². The summed E-state index contributed by atoms with van der Waals surface area (Å²) in [6.45, 7) is 3.27. The SMILES string of the molecule is CC#CC(=O)NC(C)(CC1=CCCCC1)C(=O)OC. The lowest BCUT2D eigenvalue weighted by Gasteiger charge is -2.29. The number of esters is 1. The summed E-state index contributed by atoms with van der Waals surface area (Å²) in [6, 6.07) is 0. The number of nitrogens with one attached hydrogen (secondary N) is 1. The van der Waals surface area contributed by atoms with Crippen LogP contribution in [0.1, 0.15) is 46.0 Å². The predicted molar refractivity (Wildman–Crippen MR) is 73.2 cm³/mol. The van der Waals surface area contributed by atoms with Crippen LogP contribution in [0.5, 0.6) is 0 Å². The van der Waals surface area contributed by atoms with Crippen LogP contribution in [0.2, 0.25) is 0 Å². The second-order valence-corrected chi connectivity index (χ2v) is 4.94. The van der Waals surface area contributed by atoms with Gasteiger partial charge in [0.25, 0.3) is 5.91 Å². The molecular formula is C15H21NO3. The summed E-state index contributed by atoms with van der Waals surface area (Å²) in [5.41, 5.74) is 0.155. The highest BCUT2D eigenvalue weighted by Crippen LogP contribution is 2.26. The van der Waals surface area contributed by atoms with Crippen molar-refractivity contribution < 1.29 is 14.3 Å². The number of hydrogen-bond acceptors (Lipinski definition) is 3. The molecule has 4 nitrogen and oxygen atoms in total. The Morgan fingerprint density at radius 1 is 1.47 bits per heavy atom. The molecule has 4 heteroatoms. The molecule has 0 spiro atoms. The summed E-state index contributed by atoms with van der Waals surface area (Å²) >= 11 is 0. The van der Waals surface area contributed by atoms with Gasteiger partial charge in [-0.15, -0.1) is 0 Å². The van der Waals surface area contributed by atoms with Crippen LogP contribution in [0.3, 0.4) is 0 Å². The molecule has 0 aliphatic heterocycles. The highest BCUT2D eigenvalue weighted by molar-refractivity contribution is 5.97. The minimum Gasteiger partial charge on any atom is -0.467 e. The van der Waals surface area contributed by atoms with Crippen molar-refractivity contribution in [2.45, 2.75) is 51.5 Å². The van der Waals surface area contributed by atoms with E-state index in [1.807, 2.05) is 0 Å². The van der Waals surface area contributed by atoms with Crippen molar-refractivity contribution in [3.63, 3.8) is 0 Å². The molecule has 19 heavy (non-hydrogen) atoms. The number of ether oxygens (including phenoxy) is 1. The van der Waals surface area contributed by atoms with Gasteiger partial charge in [0.1, 0.15) is 5.54 Å². The Hall–Kier alpha value is -1.76. The van der Waals surface area contributed by atoms with E-state index in [2.05, 4.69) is 23.2 Å². The van der Waals surface area contributed by atoms with E-state index in [0.29, 0.717) is 6.42 Å². The van der Waals surface area contributed by atoms with Crippen LogP contribution in [-0.4, -0.2) is 24.5 Å². The molecule has 1 aliphatic rings. The smallest absolute Gasteiger partial charge is 0.331 e. The second kappa shape index (κ2) is 6.98. The van der Waals surface area contributed by atoms with Gasteiger partial charge in [0, 0.05) is 6.42 Å². The Morgan fingerprint density at radius 3 is 2.74 bits per heavy atom. The minimum atomic E-state index is -1.04. The van der Waals surface area contributed by atoms with Crippen LogP contribution in [0.4, 0.5) is 0 Å². The topological polar surface area (TPSA) is 55.4 Å². The summed E-state index contributed by atoms with van der Waals surface area (Å²) in [5, 5.41) is 2.66. The first kappa shape index (κ1) is 15.3. The zero-order chi connectivity index (χ0) is 14.3. The molecule has 1 amide bonds. The molecule has 104 valence electrons. The van der Waals surface area contributed by atoms with Gasteiger partial charge in [-0.3, -0.25) is 4.79 Å². The molecule has 0 fully saturated rings. The third-order valence-corrected chi connectivity index (χ3v) is 3.23. The van der Waals surface area contributed by atoms with Crippen molar-refractivity contribution in [2.24, 2.45) is 0 Å². The molecule has 0 aromatic rings. The van der Waals surface area contributed by atoms with Gasteiger partial charge in [-0.2, -0.15) is 0 Å². The van der Waals surface area contributed by atoms with E-state index in [1.54, 1.807) is 13.8 Å². The van der Waals surface area contributed by atoms with Crippen LogP contribution in [0.15, 0.2) is 11.6 Å². The molecule has 1 rings (SSSR count). The van der Waals surface area contributed by atoms with Crippen LogP contribution in [-0.2, 0) is 14.3 Å². The van der Waals surface area contributed by atoms with Gasteiger partial charge in [-0.25, -0.2) is 4.79 Å². The van der Waals surface area contributed by atoms with Gasteiger partial charge < -0.3 is 10.1 Å². The monoisotopic (exact) mass is 263 g/mol.